The molecule has 0 aromatic rings. The van der Waals surface area contributed by atoms with E-state index >= 15 is 0 Å². The second-order valence-electron chi connectivity index (χ2n) is 5.21. The van der Waals surface area contributed by atoms with Crippen LogP contribution in [0, 0.1) is 17.3 Å². The lowest BCUT2D eigenvalue weighted by molar-refractivity contribution is 0.145. The molecule has 2 atom stereocenters. The molecular formula is C13H22O2. The third-order valence-electron chi connectivity index (χ3n) is 4.29. The molecule has 0 heterocycles. The summed E-state index contributed by atoms with van der Waals surface area (Å²) in [5.41, 5.74) is 0.408. The summed E-state index contributed by atoms with van der Waals surface area (Å²) >= 11 is 0. The van der Waals surface area contributed by atoms with Gasteiger partial charge >= 0.3 is 0 Å². The van der Waals surface area contributed by atoms with E-state index in [-0.39, 0.29) is 0 Å². The molecule has 0 amide bonds. The van der Waals surface area contributed by atoms with Crippen molar-refractivity contribution in [3.05, 3.63) is 12.2 Å². The van der Waals surface area contributed by atoms with Gasteiger partial charge in [0.05, 0.1) is 0 Å². The van der Waals surface area contributed by atoms with Crippen molar-refractivity contribution >= 4 is 0 Å². The first-order chi connectivity index (χ1) is 7.30. The normalized spacial score (nSPS) is 31.3. The first kappa shape index (κ1) is 11.2. The maximum Gasteiger partial charge on any atom is 0.0431 e. The van der Waals surface area contributed by atoms with Crippen LogP contribution in [0.2, 0.25) is 0 Å². The summed E-state index contributed by atoms with van der Waals surface area (Å²) in [5, 5.41) is 17.9. The molecule has 2 aliphatic carbocycles. The molecule has 1 saturated carbocycles. The summed E-state index contributed by atoms with van der Waals surface area (Å²) < 4.78 is 0. The quantitative estimate of drug-likeness (QED) is 0.659. The van der Waals surface area contributed by atoms with Gasteiger partial charge < -0.3 is 10.2 Å². The number of rotatable bonds is 6. The number of fused-ring (bicyclic) bond motifs is 2. The maximum absolute atomic E-state index is 8.97. The fraction of sp³-hybridized carbons (Fsp3) is 0.846. The topological polar surface area (TPSA) is 40.5 Å². The Morgan fingerprint density at radius 1 is 1.07 bits per heavy atom. The van der Waals surface area contributed by atoms with Crippen LogP contribution in [-0.2, 0) is 0 Å². The molecular weight excluding hydrogens is 188 g/mol. The summed E-state index contributed by atoms with van der Waals surface area (Å²) in [5.74, 6) is 1.51. The molecule has 0 radical (unpaired) electrons. The van der Waals surface area contributed by atoms with Crippen LogP contribution in [-0.4, -0.2) is 23.4 Å². The minimum absolute atomic E-state index is 0.308. The average Bonchev–Trinajstić information content (AvgIpc) is 2.84. The van der Waals surface area contributed by atoms with Gasteiger partial charge in [-0.2, -0.15) is 0 Å². The Kier molecular flexibility index (Phi) is 3.47. The molecule has 2 bridgehead atoms. The number of hydrogen-bond donors (Lipinski definition) is 2. The van der Waals surface area contributed by atoms with E-state index in [0.717, 1.165) is 37.5 Å². The van der Waals surface area contributed by atoms with E-state index in [1.54, 1.807) is 0 Å². The predicted molar refractivity (Wildman–Crippen MR) is 60.4 cm³/mol. The third kappa shape index (κ3) is 2.11. The van der Waals surface area contributed by atoms with E-state index in [9.17, 15) is 0 Å². The number of hydrogen-bond acceptors (Lipinski definition) is 2. The lowest BCUT2D eigenvalue weighted by Gasteiger charge is -2.36. The monoisotopic (exact) mass is 210 g/mol. The van der Waals surface area contributed by atoms with Gasteiger partial charge in [-0.25, -0.2) is 0 Å². The zero-order chi connectivity index (χ0) is 10.7. The molecule has 2 unspecified atom stereocenters. The summed E-state index contributed by atoms with van der Waals surface area (Å²) in [7, 11) is 0. The number of aliphatic hydroxyl groups is 2. The predicted octanol–water partition coefficient (Wildman–Crippen LogP) is 2.11. The van der Waals surface area contributed by atoms with E-state index in [1.165, 1.54) is 12.8 Å². The highest BCUT2D eigenvalue weighted by Crippen LogP contribution is 2.56. The molecule has 1 fully saturated rings. The largest absolute Gasteiger partial charge is 0.396 e. The Morgan fingerprint density at radius 3 is 2.13 bits per heavy atom. The molecule has 0 aromatic carbocycles. The first-order valence-electron chi connectivity index (χ1n) is 6.21. The molecule has 0 spiro atoms. The minimum Gasteiger partial charge on any atom is -0.396 e. The van der Waals surface area contributed by atoms with Gasteiger partial charge in [0.2, 0.25) is 0 Å². The summed E-state index contributed by atoms with van der Waals surface area (Å²) in [4.78, 5) is 0. The molecule has 86 valence electrons. The second kappa shape index (κ2) is 4.67. The molecule has 2 rings (SSSR count). The standard InChI is InChI=1S/C13H22O2/c14-7-1-5-13(6-2-8-15)10-11-3-4-12(13)9-11/h3-4,11-12,14-15H,1-2,5-10H2. The van der Waals surface area contributed by atoms with E-state index in [1.807, 2.05) is 0 Å². The van der Waals surface area contributed by atoms with Crippen LogP contribution in [0.15, 0.2) is 12.2 Å². The van der Waals surface area contributed by atoms with Crippen molar-refractivity contribution in [1.82, 2.24) is 0 Å². The molecule has 2 N–H and O–H groups in total. The van der Waals surface area contributed by atoms with E-state index in [2.05, 4.69) is 12.2 Å². The van der Waals surface area contributed by atoms with Gasteiger partial charge in [-0.3, -0.25) is 0 Å². The number of aliphatic hydroxyl groups excluding tert-OH is 2. The van der Waals surface area contributed by atoms with Crippen LogP contribution in [0.3, 0.4) is 0 Å². The van der Waals surface area contributed by atoms with Gasteiger partial charge in [0.25, 0.3) is 0 Å². The highest BCUT2D eigenvalue weighted by Gasteiger charge is 2.46. The molecule has 2 aliphatic rings. The lowest BCUT2D eigenvalue weighted by Crippen LogP contribution is -2.26. The van der Waals surface area contributed by atoms with E-state index < -0.39 is 0 Å². The molecule has 0 aliphatic heterocycles. The highest BCUT2D eigenvalue weighted by atomic mass is 16.3. The van der Waals surface area contributed by atoms with Crippen LogP contribution in [0.25, 0.3) is 0 Å². The molecule has 0 aromatic heterocycles. The van der Waals surface area contributed by atoms with Gasteiger partial charge in [0.15, 0.2) is 0 Å². The van der Waals surface area contributed by atoms with Crippen molar-refractivity contribution in [2.75, 3.05) is 13.2 Å². The van der Waals surface area contributed by atoms with Crippen molar-refractivity contribution in [3.8, 4) is 0 Å². The molecule has 0 saturated heterocycles. The van der Waals surface area contributed by atoms with E-state index in [4.69, 9.17) is 10.2 Å². The summed E-state index contributed by atoms with van der Waals surface area (Å²) in [6.07, 6.45) is 11.4. The third-order valence-corrected chi connectivity index (χ3v) is 4.29. The second-order valence-corrected chi connectivity index (χ2v) is 5.21. The Morgan fingerprint density at radius 2 is 1.73 bits per heavy atom. The van der Waals surface area contributed by atoms with Crippen molar-refractivity contribution < 1.29 is 10.2 Å². The Labute approximate surface area is 92.0 Å². The molecule has 2 heteroatoms. The van der Waals surface area contributed by atoms with Crippen molar-refractivity contribution in [2.45, 2.75) is 38.5 Å². The molecule has 2 nitrogen and oxygen atoms in total. The SMILES string of the molecule is OCCCC1(CCCO)CC2C=CC1C2. The van der Waals surface area contributed by atoms with Crippen molar-refractivity contribution in [2.24, 2.45) is 17.3 Å². The van der Waals surface area contributed by atoms with Gasteiger partial charge in [0, 0.05) is 13.2 Å². The van der Waals surface area contributed by atoms with Gasteiger partial charge in [-0.05, 0) is 55.8 Å². The van der Waals surface area contributed by atoms with Crippen molar-refractivity contribution in [3.63, 3.8) is 0 Å². The Balaban J connectivity index is 1.99. The fourth-order valence-electron chi connectivity index (χ4n) is 3.62. The van der Waals surface area contributed by atoms with Crippen LogP contribution < -0.4 is 0 Å². The van der Waals surface area contributed by atoms with Gasteiger partial charge in [-0.1, -0.05) is 12.2 Å². The number of allylic oxidation sites excluding steroid dienone is 2. The fourth-order valence-corrected chi connectivity index (χ4v) is 3.62. The first-order valence-corrected chi connectivity index (χ1v) is 6.21. The molecule has 15 heavy (non-hydrogen) atoms. The maximum atomic E-state index is 8.97. The Hall–Kier alpha value is -0.340. The van der Waals surface area contributed by atoms with Crippen LogP contribution in [0.5, 0.6) is 0 Å². The smallest absolute Gasteiger partial charge is 0.0431 e. The van der Waals surface area contributed by atoms with Gasteiger partial charge in [0.1, 0.15) is 0 Å². The van der Waals surface area contributed by atoms with Crippen LogP contribution in [0.4, 0.5) is 0 Å². The van der Waals surface area contributed by atoms with Crippen LogP contribution in [0.1, 0.15) is 38.5 Å². The summed E-state index contributed by atoms with van der Waals surface area (Å²) in [6.45, 7) is 0.615. The minimum atomic E-state index is 0.308. The van der Waals surface area contributed by atoms with Gasteiger partial charge in [-0.15, -0.1) is 0 Å². The summed E-state index contributed by atoms with van der Waals surface area (Å²) in [6, 6.07) is 0. The Bertz CT molecular complexity index is 227. The zero-order valence-electron chi connectivity index (χ0n) is 9.36. The lowest BCUT2D eigenvalue weighted by atomic mass is 9.69. The van der Waals surface area contributed by atoms with Crippen molar-refractivity contribution in [1.29, 1.82) is 0 Å². The zero-order valence-corrected chi connectivity index (χ0v) is 9.36. The average molecular weight is 210 g/mol. The van der Waals surface area contributed by atoms with Crippen LogP contribution >= 0.6 is 0 Å². The van der Waals surface area contributed by atoms with E-state index in [0.29, 0.717) is 18.6 Å². The highest BCUT2D eigenvalue weighted by molar-refractivity contribution is 5.15.